The van der Waals surface area contributed by atoms with Crippen molar-refractivity contribution >= 4 is 11.3 Å². The van der Waals surface area contributed by atoms with Gasteiger partial charge in [0.2, 0.25) is 0 Å². The molecule has 0 amide bonds. The van der Waals surface area contributed by atoms with Gasteiger partial charge in [-0.25, -0.2) is 4.98 Å². The van der Waals surface area contributed by atoms with Crippen LogP contribution < -0.4 is 5.32 Å². The molecule has 2 rings (SSSR count). The first-order valence-electron chi connectivity index (χ1n) is 8.03. The third kappa shape index (κ3) is 2.94. The quantitative estimate of drug-likeness (QED) is 0.859. The zero-order chi connectivity index (χ0) is 15.0. The van der Waals surface area contributed by atoms with Crippen LogP contribution in [0.4, 0.5) is 0 Å². The van der Waals surface area contributed by atoms with Crippen molar-refractivity contribution < 1.29 is 0 Å². The van der Waals surface area contributed by atoms with Crippen molar-refractivity contribution in [3.63, 3.8) is 0 Å². The largest absolute Gasteiger partial charge is 0.303 e. The number of hydrogen-bond acceptors (Lipinski definition) is 3. The van der Waals surface area contributed by atoms with Gasteiger partial charge < -0.3 is 5.32 Å². The third-order valence-electron chi connectivity index (χ3n) is 4.51. The maximum absolute atomic E-state index is 5.04. The highest BCUT2D eigenvalue weighted by molar-refractivity contribution is 7.09. The fraction of sp³-hybridized carbons (Fsp3) is 0.824. The van der Waals surface area contributed by atoms with Crippen LogP contribution in [0, 0.1) is 5.92 Å². The van der Waals surface area contributed by atoms with Crippen molar-refractivity contribution in [2.24, 2.45) is 5.92 Å². The molecule has 1 aromatic rings. The van der Waals surface area contributed by atoms with Crippen LogP contribution in [0.25, 0.3) is 0 Å². The summed E-state index contributed by atoms with van der Waals surface area (Å²) in [4.78, 5) is 5.04. The van der Waals surface area contributed by atoms with Crippen molar-refractivity contribution in [2.45, 2.75) is 84.2 Å². The van der Waals surface area contributed by atoms with Gasteiger partial charge in [0.1, 0.15) is 5.01 Å². The van der Waals surface area contributed by atoms with Gasteiger partial charge in [-0.1, -0.05) is 40.5 Å². The summed E-state index contributed by atoms with van der Waals surface area (Å²) in [6, 6.07) is 0.504. The fourth-order valence-corrected chi connectivity index (χ4v) is 4.82. The van der Waals surface area contributed by atoms with E-state index in [0.717, 1.165) is 5.92 Å². The number of rotatable bonds is 4. The first-order chi connectivity index (χ1) is 9.29. The molecule has 0 spiro atoms. The minimum Gasteiger partial charge on any atom is -0.303 e. The predicted octanol–water partition coefficient (Wildman–Crippen LogP) is 4.84. The summed E-state index contributed by atoms with van der Waals surface area (Å²) in [5.74, 6) is 0.726. The van der Waals surface area contributed by atoms with Gasteiger partial charge in [-0.15, -0.1) is 11.3 Å². The summed E-state index contributed by atoms with van der Waals surface area (Å²) >= 11 is 1.86. The standard InChI is InChI=1S/C17H30N2S/c1-7-13-9-8-10-17(13,19-12(2)3)15-18-14(11-20-15)16(4,5)6/h11-13,19H,7-10H2,1-6H3. The van der Waals surface area contributed by atoms with Gasteiger partial charge >= 0.3 is 0 Å². The molecule has 0 radical (unpaired) electrons. The number of thiazole rings is 1. The highest BCUT2D eigenvalue weighted by Gasteiger charge is 2.45. The van der Waals surface area contributed by atoms with Gasteiger partial charge in [0, 0.05) is 16.8 Å². The molecule has 0 aliphatic heterocycles. The zero-order valence-corrected chi connectivity index (χ0v) is 14.7. The summed E-state index contributed by atoms with van der Waals surface area (Å²) < 4.78 is 0. The summed E-state index contributed by atoms with van der Waals surface area (Å²) in [5.41, 5.74) is 1.51. The van der Waals surface area contributed by atoms with Gasteiger partial charge in [-0.3, -0.25) is 0 Å². The lowest BCUT2D eigenvalue weighted by Crippen LogP contribution is -2.48. The van der Waals surface area contributed by atoms with Crippen LogP contribution in [0.5, 0.6) is 0 Å². The maximum Gasteiger partial charge on any atom is 0.113 e. The first kappa shape index (κ1) is 16.0. The molecule has 0 saturated heterocycles. The number of nitrogens with one attached hydrogen (secondary N) is 1. The highest BCUT2D eigenvalue weighted by Crippen LogP contribution is 2.47. The topological polar surface area (TPSA) is 24.9 Å². The fourth-order valence-electron chi connectivity index (χ4n) is 3.50. The smallest absolute Gasteiger partial charge is 0.113 e. The average molecular weight is 295 g/mol. The van der Waals surface area contributed by atoms with Crippen LogP contribution in [0.2, 0.25) is 0 Å². The molecule has 1 heterocycles. The molecule has 2 unspecified atom stereocenters. The van der Waals surface area contributed by atoms with E-state index in [1.54, 1.807) is 0 Å². The molecule has 1 aliphatic rings. The second-order valence-corrected chi connectivity index (χ2v) is 8.41. The van der Waals surface area contributed by atoms with E-state index < -0.39 is 0 Å². The second-order valence-electron chi connectivity index (χ2n) is 7.56. The van der Waals surface area contributed by atoms with E-state index in [-0.39, 0.29) is 11.0 Å². The Morgan fingerprint density at radius 3 is 2.65 bits per heavy atom. The molecule has 2 nitrogen and oxygen atoms in total. The zero-order valence-electron chi connectivity index (χ0n) is 13.9. The molecule has 0 aromatic carbocycles. The maximum atomic E-state index is 5.04. The van der Waals surface area contributed by atoms with E-state index in [9.17, 15) is 0 Å². The summed E-state index contributed by atoms with van der Waals surface area (Å²) in [7, 11) is 0. The van der Waals surface area contributed by atoms with Crippen LogP contribution in [0.3, 0.4) is 0 Å². The Morgan fingerprint density at radius 2 is 2.15 bits per heavy atom. The summed E-state index contributed by atoms with van der Waals surface area (Å²) in [6.45, 7) is 13.6. The molecule has 1 saturated carbocycles. The number of nitrogens with zero attached hydrogens (tertiary/aromatic N) is 1. The van der Waals surface area contributed by atoms with E-state index >= 15 is 0 Å². The lowest BCUT2D eigenvalue weighted by Gasteiger charge is -2.36. The van der Waals surface area contributed by atoms with Crippen molar-refractivity contribution in [3.8, 4) is 0 Å². The van der Waals surface area contributed by atoms with Crippen LogP contribution in [-0.4, -0.2) is 11.0 Å². The molecule has 0 bridgehead atoms. The van der Waals surface area contributed by atoms with Gasteiger partial charge in [-0.2, -0.15) is 0 Å². The van der Waals surface area contributed by atoms with E-state index in [2.05, 4.69) is 52.2 Å². The molecule has 1 aliphatic carbocycles. The van der Waals surface area contributed by atoms with Crippen molar-refractivity contribution in [2.75, 3.05) is 0 Å². The Bertz CT molecular complexity index is 444. The monoisotopic (exact) mass is 294 g/mol. The Balaban J connectivity index is 2.39. The van der Waals surface area contributed by atoms with Gasteiger partial charge in [0.25, 0.3) is 0 Å². The molecule has 1 aromatic heterocycles. The van der Waals surface area contributed by atoms with E-state index in [4.69, 9.17) is 4.98 Å². The van der Waals surface area contributed by atoms with Crippen molar-refractivity contribution in [3.05, 3.63) is 16.1 Å². The molecular formula is C17H30N2S. The number of aromatic nitrogens is 1. The lowest BCUT2D eigenvalue weighted by atomic mass is 9.84. The van der Waals surface area contributed by atoms with Crippen LogP contribution in [-0.2, 0) is 11.0 Å². The van der Waals surface area contributed by atoms with Crippen molar-refractivity contribution in [1.29, 1.82) is 0 Å². The minimum atomic E-state index is 0.122. The second kappa shape index (κ2) is 5.76. The minimum absolute atomic E-state index is 0.122. The Hall–Kier alpha value is -0.410. The average Bonchev–Trinajstić information content (AvgIpc) is 2.93. The van der Waals surface area contributed by atoms with Gasteiger partial charge in [0.05, 0.1) is 11.2 Å². The predicted molar refractivity (Wildman–Crippen MR) is 88.4 cm³/mol. The third-order valence-corrected chi connectivity index (χ3v) is 5.53. The molecule has 20 heavy (non-hydrogen) atoms. The summed E-state index contributed by atoms with van der Waals surface area (Å²) in [5, 5.41) is 7.47. The summed E-state index contributed by atoms with van der Waals surface area (Å²) in [6.07, 6.45) is 5.13. The lowest BCUT2D eigenvalue weighted by molar-refractivity contribution is 0.221. The highest BCUT2D eigenvalue weighted by atomic mass is 32.1. The van der Waals surface area contributed by atoms with Crippen molar-refractivity contribution in [1.82, 2.24) is 10.3 Å². The van der Waals surface area contributed by atoms with E-state index in [1.807, 2.05) is 11.3 Å². The van der Waals surface area contributed by atoms with Crippen LogP contribution in [0.1, 0.15) is 77.9 Å². The molecular weight excluding hydrogens is 264 g/mol. The molecule has 1 fully saturated rings. The first-order valence-corrected chi connectivity index (χ1v) is 8.91. The SMILES string of the molecule is CCC1CCCC1(NC(C)C)c1nc(C(C)(C)C)cs1. The molecule has 3 heteroatoms. The van der Waals surface area contributed by atoms with Crippen LogP contribution in [0.15, 0.2) is 5.38 Å². The Kier molecular flexibility index (Phi) is 4.60. The normalized spacial score (nSPS) is 27.4. The number of hydrogen-bond donors (Lipinski definition) is 1. The van der Waals surface area contributed by atoms with Crippen LogP contribution >= 0.6 is 11.3 Å². The van der Waals surface area contributed by atoms with Gasteiger partial charge in [-0.05, 0) is 32.6 Å². The van der Waals surface area contributed by atoms with E-state index in [0.29, 0.717) is 6.04 Å². The molecule has 1 N–H and O–H groups in total. The Labute approximate surface area is 128 Å². The Morgan fingerprint density at radius 1 is 1.45 bits per heavy atom. The van der Waals surface area contributed by atoms with E-state index in [1.165, 1.54) is 36.4 Å². The molecule has 2 atom stereocenters. The molecule has 114 valence electrons. The van der Waals surface area contributed by atoms with Gasteiger partial charge in [0.15, 0.2) is 0 Å².